The minimum absolute atomic E-state index is 0.0393. The molecule has 7 nitrogen and oxygen atoms in total. The Kier molecular flexibility index (Phi) is 5.28. The zero-order valence-corrected chi connectivity index (χ0v) is 16.9. The number of rotatable bonds is 5. The number of ether oxygens (including phenoxy) is 1. The predicted molar refractivity (Wildman–Crippen MR) is 110 cm³/mol. The van der Waals surface area contributed by atoms with E-state index in [1.807, 2.05) is 0 Å². The fraction of sp³-hybridized carbons (Fsp3) is 0.143. The van der Waals surface area contributed by atoms with E-state index in [0.29, 0.717) is 27.3 Å². The number of nitrogens with one attached hydrogen (secondary N) is 1. The second kappa shape index (κ2) is 8.03. The third kappa shape index (κ3) is 3.92. The summed E-state index contributed by atoms with van der Waals surface area (Å²) >= 11 is 1.22. The lowest BCUT2D eigenvalue weighted by molar-refractivity contribution is 0.0526. The van der Waals surface area contributed by atoms with E-state index in [0.717, 1.165) is 4.70 Å². The highest BCUT2D eigenvalue weighted by Crippen LogP contribution is 2.28. The Hall–Kier alpha value is -3.59. The van der Waals surface area contributed by atoms with Gasteiger partial charge in [0, 0.05) is 11.6 Å². The molecule has 0 atom stereocenters. The van der Waals surface area contributed by atoms with E-state index in [-0.39, 0.29) is 23.9 Å². The summed E-state index contributed by atoms with van der Waals surface area (Å²) in [7, 11) is 0. The van der Waals surface area contributed by atoms with Gasteiger partial charge in [-0.05, 0) is 43.7 Å². The highest BCUT2D eigenvalue weighted by Gasteiger charge is 2.17. The number of carbonyl (C=O) groups is 2. The van der Waals surface area contributed by atoms with Crippen LogP contribution >= 0.6 is 11.3 Å². The second-order valence-corrected chi connectivity index (χ2v) is 7.45. The summed E-state index contributed by atoms with van der Waals surface area (Å²) in [5.74, 6) is -1.02. The molecule has 2 heterocycles. The number of esters is 1. The van der Waals surface area contributed by atoms with Gasteiger partial charge in [0.1, 0.15) is 5.82 Å². The van der Waals surface area contributed by atoms with Crippen molar-refractivity contribution in [1.82, 2.24) is 10.1 Å². The van der Waals surface area contributed by atoms with Gasteiger partial charge in [-0.3, -0.25) is 10.1 Å². The molecule has 0 saturated carbocycles. The number of hydrogen-bond donors (Lipinski definition) is 1. The summed E-state index contributed by atoms with van der Waals surface area (Å²) in [6.45, 7) is 3.68. The van der Waals surface area contributed by atoms with Crippen molar-refractivity contribution < 1.29 is 23.2 Å². The number of hydrogen-bond acceptors (Lipinski definition) is 7. The molecule has 0 aliphatic rings. The summed E-state index contributed by atoms with van der Waals surface area (Å²) in [6.07, 6.45) is 0. The average molecular weight is 425 g/mol. The first-order chi connectivity index (χ1) is 14.4. The lowest BCUT2D eigenvalue weighted by Crippen LogP contribution is -2.11. The van der Waals surface area contributed by atoms with Gasteiger partial charge < -0.3 is 9.26 Å². The molecule has 0 unspecified atom stereocenters. The van der Waals surface area contributed by atoms with Crippen LogP contribution in [0.25, 0.3) is 21.5 Å². The van der Waals surface area contributed by atoms with Crippen molar-refractivity contribution in [3.63, 3.8) is 0 Å². The van der Waals surface area contributed by atoms with Crippen molar-refractivity contribution in [2.24, 2.45) is 0 Å². The van der Waals surface area contributed by atoms with Crippen molar-refractivity contribution in [3.05, 3.63) is 65.1 Å². The molecule has 2 aromatic heterocycles. The maximum atomic E-state index is 13.8. The van der Waals surface area contributed by atoms with E-state index in [2.05, 4.69) is 15.5 Å². The molecule has 152 valence electrons. The van der Waals surface area contributed by atoms with E-state index in [1.165, 1.54) is 23.5 Å². The van der Waals surface area contributed by atoms with E-state index < -0.39 is 11.9 Å². The number of halogens is 1. The molecule has 2 aromatic carbocycles. The van der Waals surface area contributed by atoms with Gasteiger partial charge in [0.25, 0.3) is 5.91 Å². The van der Waals surface area contributed by atoms with Crippen LogP contribution in [0, 0.1) is 12.7 Å². The standard InChI is InChI=1S/C21H16FN3O4S/c1-3-28-20(27)13-6-7-15-18(9-13)30-21(23-15)24-19(26)16-10-17(29-25-16)12-5-4-11(2)14(22)8-12/h4-10H,3H2,1-2H3,(H,23,24,26). The number of fused-ring (bicyclic) bond motifs is 1. The third-order valence-corrected chi connectivity index (χ3v) is 5.25. The van der Waals surface area contributed by atoms with Gasteiger partial charge in [-0.2, -0.15) is 0 Å². The smallest absolute Gasteiger partial charge is 0.338 e. The first kappa shape index (κ1) is 19.7. The van der Waals surface area contributed by atoms with Gasteiger partial charge in [0.05, 0.1) is 22.4 Å². The molecule has 1 N–H and O–H groups in total. The first-order valence-electron chi connectivity index (χ1n) is 9.07. The van der Waals surface area contributed by atoms with Gasteiger partial charge in [-0.15, -0.1) is 0 Å². The third-order valence-electron chi connectivity index (χ3n) is 4.32. The molecular weight excluding hydrogens is 409 g/mol. The van der Waals surface area contributed by atoms with Crippen LogP contribution in [0.4, 0.5) is 9.52 Å². The lowest BCUT2D eigenvalue weighted by Gasteiger charge is -2.00. The molecule has 0 aliphatic heterocycles. The molecule has 9 heteroatoms. The van der Waals surface area contributed by atoms with E-state index in [1.54, 1.807) is 44.2 Å². The van der Waals surface area contributed by atoms with Gasteiger partial charge in [-0.1, -0.05) is 28.6 Å². The molecule has 1 amide bonds. The van der Waals surface area contributed by atoms with Crippen molar-refractivity contribution >= 4 is 38.6 Å². The average Bonchev–Trinajstić information content (AvgIpc) is 3.36. The predicted octanol–water partition coefficient (Wildman–Crippen LogP) is 4.83. The number of thiazole rings is 1. The summed E-state index contributed by atoms with van der Waals surface area (Å²) in [5, 5.41) is 6.77. The number of aryl methyl sites for hydroxylation is 1. The van der Waals surface area contributed by atoms with E-state index >= 15 is 0 Å². The van der Waals surface area contributed by atoms with Gasteiger partial charge in [0.15, 0.2) is 16.6 Å². The lowest BCUT2D eigenvalue weighted by atomic mass is 10.1. The van der Waals surface area contributed by atoms with Crippen LogP contribution in [-0.4, -0.2) is 28.6 Å². The molecular formula is C21H16FN3O4S. The van der Waals surface area contributed by atoms with Crippen LogP contribution < -0.4 is 5.32 Å². The van der Waals surface area contributed by atoms with Gasteiger partial charge in [-0.25, -0.2) is 14.2 Å². The van der Waals surface area contributed by atoms with Crippen LogP contribution in [0.1, 0.15) is 33.3 Å². The molecule has 0 aliphatic carbocycles. The maximum absolute atomic E-state index is 13.8. The molecule has 0 spiro atoms. The summed E-state index contributed by atoms with van der Waals surface area (Å²) in [4.78, 5) is 28.7. The summed E-state index contributed by atoms with van der Waals surface area (Å²) in [6, 6.07) is 11.1. The number of amides is 1. The Labute approximate surface area is 174 Å². The minimum Gasteiger partial charge on any atom is -0.462 e. The molecule has 0 bridgehead atoms. The highest BCUT2D eigenvalue weighted by molar-refractivity contribution is 7.22. The molecule has 4 aromatic rings. The van der Waals surface area contributed by atoms with Gasteiger partial charge in [0.2, 0.25) is 0 Å². The van der Waals surface area contributed by atoms with E-state index in [9.17, 15) is 14.0 Å². The molecule has 4 rings (SSSR count). The van der Waals surface area contributed by atoms with Crippen molar-refractivity contribution in [2.45, 2.75) is 13.8 Å². The molecule has 0 fully saturated rings. The first-order valence-corrected chi connectivity index (χ1v) is 9.88. The summed E-state index contributed by atoms with van der Waals surface area (Å²) < 4.78 is 24.7. The molecule has 30 heavy (non-hydrogen) atoms. The normalized spacial score (nSPS) is 10.9. The Balaban J connectivity index is 1.52. The Bertz CT molecular complexity index is 1260. The van der Waals surface area contributed by atoms with Crippen LogP contribution in [0.5, 0.6) is 0 Å². The number of anilines is 1. The van der Waals surface area contributed by atoms with Crippen molar-refractivity contribution in [3.8, 4) is 11.3 Å². The SMILES string of the molecule is CCOC(=O)c1ccc2nc(NC(=O)c3cc(-c4ccc(C)c(F)c4)on3)sc2c1. The summed E-state index contributed by atoms with van der Waals surface area (Å²) in [5.41, 5.74) is 2.09. The van der Waals surface area contributed by atoms with Crippen LogP contribution in [0.2, 0.25) is 0 Å². The topological polar surface area (TPSA) is 94.3 Å². The minimum atomic E-state index is -0.512. The van der Waals surface area contributed by atoms with Gasteiger partial charge >= 0.3 is 5.97 Å². The number of benzene rings is 2. The number of nitrogens with zero attached hydrogens (tertiary/aromatic N) is 2. The highest BCUT2D eigenvalue weighted by atomic mass is 32.1. The largest absolute Gasteiger partial charge is 0.462 e. The van der Waals surface area contributed by atoms with E-state index in [4.69, 9.17) is 9.26 Å². The quantitative estimate of drug-likeness (QED) is 0.461. The zero-order valence-electron chi connectivity index (χ0n) is 16.1. The zero-order chi connectivity index (χ0) is 21.3. The van der Waals surface area contributed by atoms with Crippen LogP contribution in [-0.2, 0) is 4.74 Å². The number of aromatic nitrogens is 2. The van der Waals surface area contributed by atoms with Crippen LogP contribution in [0.3, 0.4) is 0 Å². The Morgan fingerprint density at radius 1 is 1.20 bits per heavy atom. The fourth-order valence-corrected chi connectivity index (χ4v) is 3.65. The number of carbonyl (C=O) groups excluding carboxylic acids is 2. The van der Waals surface area contributed by atoms with Crippen LogP contribution in [0.15, 0.2) is 47.0 Å². The maximum Gasteiger partial charge on any atom is 0.338 e. The molecule has 0 radical (unpaired) electrons. The Morgan fingerprint density at radius 3 is 2.80 bits per heavy atom. The van der Waals surface area contributed by atoms with Crippen molar-refractivity contribution in [1.29, 1.82) is 0 Å². The monoisotopic (exact) mass is 425 g/mol. The van der Waals surface area contributed by atoms with Crippen molar-refractivity contribution in [2.75, 3.05) is 11.9 Å². The fourth-order valence-electron chi connectivity index (χ4n) is 2.75. The second-order valence-electron chi connectivity index (χ2n) is 6.42. The molecule has 0 saturated heterocycles. The Morgan fingerprint density at radius 2 is 2.03 bits per heavy atom.